The SMILES string of the molecule is Cc1c(-c2ccc(Cl)cc2)c(OC(C)C)nn1-c1ccccc1. The van der Waals surface area contributed by atoms with E-state index in [4.69, 9.17) is 16.3 Å². The molecule has 1 aromatic heterocycles. The van der Waals surface area contributed by atoms with Crippen LogP contribution in [0.1, 0.15) is 19.5 Å². The number of hydrogen-bond donors (Lipinski definition) is 0. The number of aromatic nitrogens is 2. The van der Waals surface area contributed by atoms with Crippen molar-refractivity contribution >= 4 is 11.6 Å². The maximum atomic E-state index is 6.01. The molecule has 0 amide bonds. The minimum absolute atomic E-state index is 0.0552. The molecule has 2 aromatic carbocycles. The summed E-state index contributed by atoms with van der Waals surface area (Å²) >= 11 is 6.01. The van der Waals surface area contributed by atoms with E-state index in [1.54, 1.807) is 0 Å². The quantitative estimate of drug-likeness (QED) is 0.651. The molecule has 0 spiro atoms. The molecule has 0 aliphatic carbocycles. The first-order valence-electron chi connectivity index (χ1n) is 7.64. The second-order valence-electron chi connectivity index (χ2n) is 5.69. The maximum absolute atomic E-state index is 6.01. The highest BCUT2D eigenvalue weighted by Crippen LogP contribution is 2.35. The molecule has 0 bridgehead atoms. The van der Waals surface area contributed by atoms with Gasteiger partial charge in [0.15, 0.2) is 0 Å². The fraction of sp³-hybridized carbons (Fsp3) is 0.211. The Bertz CT molecular complexity index is 792. The molecule has 118 valence electrons. The second kappa shape index (κ2) is 6.47. The van der Waals surface area contributed by atoms with Crippen LogP contribution in [0.2, 0.25) is 5.02 Å². The predicted molar refractivity (Wildman–Crippen MR) is 94.5 cm³/mol. The molecule has 0 N–H and O–H groups in total. The minimum Gasteiger partial charge on any atom is -0.473 e. The van der Waals surface area contributed by atoms with Crippen LogP contribution in [0.25, 0.3) is 16.8 Å². The van der Waals surface area contributed by atoms with Gasteiger partial charge in [-0.2, -0.15) is 0 Å². The third-order valence-corrected chi connectivity index (χ3v) is 3.82. The molecule has 3 nitrogen and oxygen atoms in total. The summed E-state index contributed by atoms with van der Waals surface area (Å²) < 4.78 is 7.87. The van der Waals surface area contributed by atoms with Crippen molar-refractivity contribution in [1.82, 2.24) is 9.78 Å². The first-order chi connectivity index (χ1) is 11.1. The largest absolute Gasteiger partial charge is 0.473 e. The summed E-state index contributed by atoms with van der Waals surface area (Å²) in [6.45, 7) is 6.06. The van der Waals surface area contributed by atoms with Gasteiger partial charge < -0.3 is 4.74 Å². The average molecular weight is 327 g/mol. The standard InChI is InChI=1S/C19H19ClN2O/c1-13(2)23-19-18(15-9-11-16(20)12-10-15)14(3)22(21-19)17-7-5-4-6-8-17/h4-13H,1-3H3. The van der Waals surface area contributed by atoms with Crippen molar-refractivity contribution in [2.45, 2.75) is 26.9 Å². The highest BCUT2D eigenvalue weighted by molar-refractivity contribution is 6.30. The molecule has 0 atom stereocenters. The van der Waals surface area contributed by atoms with Gasteiger partial charge in [0, 0.05) is 5.02 Å². The number of para-hydroxylation sites is 1. The van der Waals surface area contributed by atoms with Gasteiger partial charge in [0.05, 0.1) is 23.0 Å². The van der Waals surface area contributed by atoms with E-state index in [1.807, 2.05) is 73.1 Å². The normalized spacial score (nSPS) is 11.0. The molecular formula is C19H19ClN2O. The Morgan fingerprint density at radius 2 is 1.65 bits per heavy atom. The summed E-state index contributed by atoms with van der Waals surface area (Å²) in [5, 5.41) is 5.40. The third kappa shape index (κ3) is 3.25. The van der Waals surface area contributed by atoms with Gasteiger partial charge in [0.25, 0.3) is 0 Å². The molecule has 0 aliphatic rings. The molecule has 23 heavy (non-hydrogen) atoms. The number of halogens is 1. The van der Waals surface area contributed by atoms with E-state index in [0.717, 1.165) is 22.5 Å². The number of benzene rings is 2. The predicted octanol–water partition coefficient (Wildman–Crippen LogP) is 5.29. The molecule has 0 unspecified atom stereocenters. The number of hydrogen-bond acceptors (Lipinski definition) is 2. The van der Waals surface area contributed by atoms with Gasteiger partial charge in [-0.25, -0.2) is 4.68 Å². The minimum atomic E-state index is 0.0552. The molecule has 0 aliphatic heterocycles. The van der Waals surface area contributed by atoms with Crippen LogP contribution in [0.15, 0.2) is 54.6 Å². The molecule has 0 fully saturated rings. The van der Waals surface area contributed by atoms with Crippen LogP contribution >= 0.6 is 11.6 Å². The van der Waals surface area contributed by atoms with Gasteiger partial charge in [-0.1, -0.05) is 41.9 Å². The van der Waals surface area contributed by atoms with Crippen molar-refractivity contribution in [1.29, 1.82) is 0 Å². The third-order valence-electron chi connectivity index (χ3n) is 3.57. The number of nitrogens with zero attached hydrogens (tertiary/aromatic N) is 2. The molecule has 0 radical (unpaired) electrons. The summed E-state index contributed by atoms with van der Waals surface area (Å²) in [5.74, 6) is 0.642. The van der Waals surface area contributed by atoms with E-state index in [-0.39, 0.29) is 6.10 Å². The summed E-state index contributed by atoms with van der Waals surface area (Å²) in [6.07, 6.45) is 0.0552. The van der Waals surface area contributed by atoms with E-state index in [2.05, 4.69) is 12.0 Å². The second-order valence-corrected chi connectivity index (χ2v) is 6.12. The topological polar surface area (TPSA) is 27.1 Å². The smallest absolute Gasteiger partial charge is 0.241 e. The highest BCUT2D eigenvalue weighted by Gasteiger charge is 2.19. The molecule has 0 saturated heterocycles. The highest BCUT2D eigenvalue weighted by atomic mass is 35.5. The van der Waals surface area contributed by atoms with Gasteiger partial charge in [-0.3, -0.25) is 0 Å². The Morgan fingerprint density at radius 3 is 2.26 bits per heavy atom. The van der Waals surface area contributed by atoms with Gasteiger partial charge in [0.2, 0.25) is 5.88 Å². The number of rotatable bonds is 4. The summed E-state index contributed by atoms with van der Waals surface area (Å²) in [4.78, 5) is 0. The zero-order valence-corrected chi connectivity index (χ0v) is 14.2. The zero-order valence-electron chi connectivity index (χ0n) is 13.5. The van der Waals surface area contributed by atoms with Gasteiger partial charge >= 0.3 is 0 Å². The van der Waals surface area contributed by atoms with E-state index < -0.39 is 0 Å². The van der Waals surface area contributed by atoms with E-state index in [1.165, 1.54) is 0 Å². The van der Waals surface area contributed by atoms with Crippen molar-refractivity contribution in [2.75, 3.05) is 0 Å². The lowest BCUT2D eigenvalue weighted by atomic mass is 10.1. The van der Waals surface area contributed by atoms with Crippen molar-refractivity contribution < 1.29 is 4.74 Å². The fourth-order valence-electron chi connectivity index (χ4n) is 2.55. The van der Waals surface area contributed by atoms with Gasteiger partial charge in [-0.15, -0.1) is 5.10 Å². The Morgan fingerprint density at radius 1 is 1.00 bits per heavy atom. The lowest BCUT2D eigenvalue weighted by Crippen LogP contribution is -2.07. The Balaban J connectivity index is 2.16. The lowest BCUT2D eigenvalue weighted by molar-refractivity contribution is 0.232. The first kappa shape index (κ1) is 15.6. The first-order valence-corrected chi connectivity index (χ1v) is 8.01. The molecular weight excluding hydrogens is 308 g/mol. The van der Waals surface area contributed by atoms with Crippen LogP contribution in [0.3, 0.4) is 0 Å². The van der Waals surface area contributed by atoms with Crippen LogP contribution in [0.5, 0.6) is 5.88 Å². The van der Waals surface area contributed by atoms with Crippen LogP contribution in [0.4, 0.5) is 0 Å². The molecule has 1 heterocycles. The van der Waals surface area contributed by atoms with Gasteiger partial charge in [0.1, 0.15) is 0 Å². The number of ether oxygens (including phenoxy) is 1. The average Bonchev–Trinajstić information content (AvgIpc) is 2.85. The molecule has 3 aromatic rings. The van der Waals surface area contributed by atoms with Crippen LogP contribution < -0.4 is 4.74 Å². The Kier molecular flexibility index (Phi) is 4.39. The van der Waals surface area contributed by atoms with Crippen molar-refractivity contribution in [2.24, 2.45) is 0 Å². The van der Waals surface area contributed by atoms with Gasteiger partial charge in [-0.05, 0) is 50.6 Å². The van der Waals surface area contributed by atoms with Crippen molar-refractivity contribution in [3.63, 3.8) is 0 Å². The monoisotopic (exact) mass is 326 g/mol. The lowest BCUT2D eigenvalue weighted by Gasteiger charge is -2.09. The molecule has 3 rings (SSSR count). The summed E-state index contributed by atoms with van der Waals surface area (Å²) in [5.41, 5.74) is 4.09. The summed E-state index contributed by atoms with van der Waals surface area (Å²) in [7, 11) is 0. The van der Waals surface area contributed by atoms with E-state index in [9.17, 15) is 0 Å². The van der Waals surface area contributed by atoms with Crippen LogP contribution in [-0.2, 0) is 0 Å². The Labute approximate surface area is 141 Å². The Hall–Kier alpha value is -2.26. The van der Waals surface area contributed by atoms with Crippen molar-refractivity contribution in [3.8, 4) is 22.7 Å². The van der Waals surface area contributed by atoms with Crippen LogP contribution in [-0.4, -0.2) is 15.9 Å². The molecule has 4 heteroatoms. The van der Waals surface area contributed by atoms with E-state index >= 15 is 0 Å². The van der Waals surface area contributed by atoms with Crippen LogP contribution in [0, 0.1) is 6.92 Å². The molecule has 0 saturated carbocycles. The fourth-order valence-corrected chi connectivity index (χ4v) is 2.68. The van der Waals surface area contributed by atoms with Crippen molar-refractivity contribution in [3.05, 3.63) is 65.3 Å². The maximum Gasteiger partial charge on any atom is 0.241 e. The van der Waals surface area contributed by atoms with E-state index in [0.29, 0.717) is 10.9 Å². The summed E-state index contributed by atoms with van der Waals surface area (Å²) in [6, 6.07) is 17.8. The zero-order chi connectivity index (χ0) is 16.4.